The summed E-state index contributed by atoms with van der Waals surface area (Å²) in [5, 5.41) is 0. The van der Waals surface area contributed by atoms with E-state index in [1.54, 1.807) is 0 Å². The Bertz CT molecular complexity index is 595. The van der Waals surface area contributed by atoms with Gasteiger partial charge in [0.25, 0.3) is 0 Å². The van der Waals surface area contributed by atoms with E-state index in [0.29, 0.717) is 6.54 Å². The number of halogens is 1. The van der Waals surface area contributed by atoms with E-state index in [-0.39, 0.29) is 0 Å². The lowest BCUT2D eigenvalue weighted by Gasteiger charge is -2.23. The zero-order valence-corrected chi connectivity index (χ0v) is 12.4. The number of nitrogens with zero attached hydrogens (tertiary/aromatic N) is 1. The van der Waals surface area contributed by atoms with Crippen LogP contribution in [0.3, 0.4) is 0 Å². The van der Waals surface area contributed by atoms with Crippen molar-refractivity contribution in [2.75, 3.05) is 18.0 Å². The molecule has 3 rings (SSSR count). The van der Waals surface area contributed by atoms with Gasteiger partial charge in [-0.2, -0.15) is 0 Å². The Morgan fingerprint density at radius 1 is 1.11 bits per heavy atom. The van der Waals surface area contributed by atoms with Gasteiger partial charge in [-0.25, -0.2) is 0 Å². The summed E-state index contributed by atoms with van der Waals surface area (Å²) in [6, 6.07) is 15.1. The maximum absolute atomic E-state index is 5.73. The second kappa shape index (κ2) is 5.35. The molecule has 1 heterocycles. The second-order valence-electron chi connectivity index (χ2n) is 4.84. The zero-order valence-electron chi connectivity index (χ0n) is 10.8. The van der Waals surface area contributed by atoms with Gasteiger partial charge in [-0.05, 0) is 48.7 Å². The van der Waals surface area contributed by atoms with Crippen LogP contribution in [0.2, 0.25) is 0 Å². The molecule has 0 fully saturated rings. The Morgan fingerprint density at radius 3 is 2.79 bits per heavy atom. The molecule has 1 aliphatic rings. The fraction of sp³-hybridized carbons (Fsp3) is 0.250. The van der Waals surface area contributed by atoms with Crippen LogP contribution >= 0.6 is 15.9 Å². The topological polar surface area (TPSA) is 29.3 Å². The van der Waals surface area contributed by atoms with Crippen LogP contribution < -0.4 is 10.6 Å². The summed E-state index contributed by atoms with van der Waals surface area (Å²) in [6.07, 6.45) is 2.03. The van der Waals surface area contributed by atoms with Crippen molar-refractivity contribution in [3.8, 4) is 0 Å². The number of para-hydroxylation sites is 1. The van der Waals surface area contributed by atoms with Gasteiger partial charge in [0.05, 0.1) is 0 Å². The van der Waals surface area contributed by atoms with Crippen LogP contribution in [0.15, 0.2) is 46.9 Å². The minimum atomic E-state index is 0.685. The van der Waals surface area contributed by atoms with Gasteiger partial charge in [-0.1, -0.05) is 40.2 Å². The predicted molar refractivity (Wildman–Crippen MR) is 84.1 cm³/mol. The van der Waals surface area contributed by atoms with Gasteiger partial charge >= 0.3 is 0 Å². The first-order chi connectivity index (χ1) is 9.29. The van der Waals surface area contributed by atoms with Crippen molar-refractivity contribution in [1.29, 1.82) is 0 Å². The fourth-order valence-corrected chi connectivity index (χ4v) is 3.09. The Hall–Kier alpha value is -1.32. The maximum Gasteiger partial charge on any atom is 0.0455 e. The molecule has 2 N–H and O–H groups in total. The van der Waals surface area contributed by atoms with E-state index in [1.165, 1.54) is 22.5 Å². The van der Waals surface area contributed by atoms with Crippen molar-refractivity contribution < 1.29 is 0 Å². The fourth-order valence-electron chi connectivity index (χ4n) is 2.74. The largest absolute Gasteiger partial charge is 0.341 e. The molecule has 0 unspecified atom stereocenters. The van der Waals surface area contributed by atoms with E-state index in [9.17, 15) is 0 Å². The third-order valence-electron chi connectivity index (χ3n) is 3.64. The van der Waals surface area contributed by atoms with Crippen molar-refractivity contribution in [2.45, 2.75) is 12.8 Å². The van der Waals surface area contributed by atoms with E-state index in [0.717, 1.165) is 23.9 Å². The molecule has 0 radical (unpaired) electrons. The van der Waals surface area contributed by atoms with E-state index < -0.39 is 0 Å². The molecule has 2 aromatic rings. The molecule has 0 aliphatic carbocycles. The molecule has 2 nitrogen and oxygen atoms in total. The van der Waals surface area contributed by atoms with Crippen LogP contribution in [0.5, 0.6) is 0 Å². The molecule has 2 aromatic carbocycles. The second-order valence-corrected chi connectivity index (χ2v) is 5.76. The molecule has 0 bridgehead atoms. The number of benzene rings is 2. The predicted octanol–water partition coefficient (Wildman–Crippen LogP) is 3.64. The molecule has 3 heteroatoms. The molecular formula is C16H17BrN2. The summed E-state index contributed by atoms with van der Waals surface area (Å²) in [7, 11) is 0. The van der Waals surface area contributed by atoms with Crippen LogP contribution in [0, 0.1) is 0 Å². The summed E-state index contributed by atoms with van der Waals surface area (Å²) in [5.74, 6) is 0. The molecule has 0 amide bonds. The van der Waals surface area contributed by atoms with Crippen molar-refractivity contribution in [1.82, 2.24) is 0 Å². The minimum Gasteiger partial charge on any atom is -0.341 e. The summed E-state index contributed by atoms with van der Waals surface area (Å²) < 4.78 is 1.12. The monoisotopic (exact) mass is 316 g/mol. The smallest absolute Gasteiger partial charge is 0.0455 e. The highest BCUT2D eigenvalue weighted by Crippen LogP contribution is 2.37. The Labute approximate surface area is 122 Å². The van der Waals surface area contributed by atoms with Crippen LogP contribution in [0.25, 0.3) is 0 Å². The number of fused-ring (bicyclic) bond motifs is 1. The summed E-state index contributed by atoms with van der Waals surface area (Å²) in [6.45, 7) is 1.73. The van der Waals surface area contributed by atoms with E-state index in [2.05, 4.69) is 63.3 Å². The van der Waals surface area contributed by atoms with Gasteiger partial charge in [-0.3, -0.25) is 0 Å². The molecule has 0 atom stereocenters. The minimum absolute atomic E-state index is 0.685. The van der Waals surface area contributed by atoms with Crippen molar-refractivity contribution in [3.63, 3.8) is 0 Å². The van der Waals surface area contributed by atoms with Crippen molar-refractivity contribution in [3.05, 3.63) is 58.1 Å². The van der Waals surface area contributed by atoms with Crippen molar-refractivity contribution >= 4 is 27.3 Å². The average Bonchev–Trinajstić information content (AvgIpc) is 2.85. The Balaban J connectivity index is 2.05. The first-order valence-electron chi connectivity index (χ1n) is 6.63. The molecule has 0 saturated heterocycles. The van der Waals surface area contributed by atoms with Crippen LogP contribution in [-0.2, 0) is 12.8 Å². The van der Waals surface area contributed by atoms with Crippen LogP contribution in [-0.4, -0.2) is 13.1 Å². The number of anilines is 2. The normalized spacial score (nSPS) is 13.7. The lowest BCUT2D eigenvalue weighted by molar-refractivity contribution is 0.939. The standard InChI is InChI=1S/C16H17BrN2/c17-14-6-5-13(7-9-18)16(11-14)19-10-8-12-3-1-2-4-15(12)19/h1-6,11H,7-10,18H2. The highest BCUT2D eigenvalue weighted by molar-refractivity contribution is 9.10. The van der Waals surface area contributed by atoms with E-state index in [4.69, 9.17) is 5.73 Å². The Kier molecular flexibility index (Phi) is 3.58. The number of hydrogen-bond acceptors (Lipinski definition) is 2. The highest BCUT2D eigenvalue weighted by Gasteiger charge is 2.21. The third kappa shape index (κ3) is 2.40. The molecular weight excluding hydrogens is 300 g/mol. The lowest BCUT2D eigenvalue weighted by atomic mass is 10.1. The molecule has 1 aliphatic heterocycles. The molecule has 98 valence electrons. The van der Waals surface area contributed by atoms with Gasteiger partial charge in [-0.15, -0.1) is 0 Å². The van der Waals surface area contributed by atoms with Gasteiger partial charge in [0, 0.05) is 22.4 Å². The third-order valence-corrected chi connectivity index (χ3v) is 4.13. The lowest BCUT2D eigenvalue weighted by Crippen LogP contribution is -2.16. The van der Waals surface area contributed by atoms with Gasteiger partial charge in [0.2, 0.25) is 0 Å². The highest BCUT2D eigenvalue weighted by atomic mass is 79.9. The van der Waals surface area contributed by atoms with Crippen LogP contribution in [0.4, 0.5) is 11.4 Å². The summed E-state index contributed by atoms with van der Waals surface area (Å²) in [4.78, 5) is 2.41. The number of nitrogens with two attached hydrogens (primary N) is 1. The quantitative estimate of drug-likeness (QED) is 0.936. The average molecular weight is 317 g/mol. The Morgan fingerprint density at radius 2 is 1.95 bits per heavy atom. The van der Waals surface area contributed by atoms with Gasteiger partial charge < -0.3 is 10.6 Å². The van der Waals surface area contributed by atoms with Crippen LogP contribution in [0.1, 0.15) is 11.1 Å². The maximum atomic E-state index is 5.73. The summed E-state index contributed by atoms with van der Waals surface area (Å²) in [5.41, 5.74) is 11.1. The number of rotatable bonds is 3. The van der Waals surface area contributed by atoms with Gasteiger partial charge in [0.15, 0.2) is 0 Å². The molecule has 0 spiro atoms. The zero-order chi connectivity index (χ0) is 13.2. The van der Waals surface area contributed by atoms with Crippen molar-refractivity contribution in [2.24, 2.45) is 5.73 Å². The summed E-state index contributed by atoms with van der Waals surface area (Å²) >= 11 is 3.58. The first-order valence-corrected chi connectivity index (χ1v) is 7.43. The van der Waals surface area contributed by atoms with Gasteiger partial charge in [0.1, 0.15) is 0 Å². The molecule has 19 heavy (non-hydrogen) atoms. The van der Waals surface area contributed by atoms with E-state index in [1.807, 2.05) is 0 Å². The number of hydrogen-bond donors (Lipinski definition) is 1. The van der Waals surface area contributed by atoms with E-state index >= 15 is 0 Å². The molecule has 0 saturated carbocycles. The first kappa shape index (κ1) is 12.7. The SMILES string of the molecule is NCCc1ccc(Br)cc1N1CCc2ccccc21. The molecule has 0 aromatic heterocycles.